The third kappa shape index (κ3) is 3.08. The molecule has 0 bridgehead atoms. The van der Waals surface area contributed by atoms with Crippen LogP contribution in [0.15, 0.2) is 18.2 Å². The molecule has 3 nitrogen and oxygen atoms in total. The van der Waals surface area contributed by atoms with Crippen LogP contribution in [0.3, 0.4) is 0 Å². The molecule has 1 aromatic carbocycles. The van der Waals surface area contributed by atoms with Gasteiger partial charge >= 0.3 is 0 Å². The molecule has 100 valence electrons. The van der Waals surface area contributed by atoms with Crippen molar-refractivity contribution in [2.75, 3.05) is 0 Å². The maximum atomic E-state index is 12.3. The van der Waals surface area contributed by atoms with Crippen molar-refractivity contribution in [2.45, 2.75) is 44.6 Å². The summed E-state index contributed by atoms with van der Waals surface area (Å²) in [6.45, 7) is 1.92. The number of halogens is 1. The molecule has 1 amide bonds. The van der Waals surface area contributed by atoms with E-state index in [1.807, 2.05) is 13.0 Å². The number of benzene rings is 1. The minimum Gasteiger partial charge on any atom is -0.334 e. The molecular weight excluding hydrogens is 260 g/mol. The number of rotatable bonds is 2. The molecule has 0 saturated heterocycles. The van der Waals surface area contributed by atoms with E-state index in [1.54, 1.807) is 12.1 Å². The summed E-state index contributed by atoms with van der Waals surface area (Å²) in [7, 11) is 0. The molecule has 0 spiro atoms. The SMILES string of the molecule is Cc1ccc(C(=O)NC2(C#N)CCCCC2)c(Cl)c1. The van der Waals surface area contributed by atoms with E-state index in [0.29, 0.717) is 10.6 Å². The van der Waals surface area contributed by atoms with Gasteiger partial charge in [-0.1, -0.05) is 36.9 Å². The first kappa shape index (κ1) is 13.9. The summed E-state index contributed by atoms with van der Waals surface area (Å²) in [5.74, 6) is -0.256. The highest BCUT2D eigenvalue weighted by Gasteiger charge is 2.34. The molecule has 1 aliphatic rings. The molecule has 0 aromatic heterocycles. The van der Waals surface area contributed by atoms with Crippen LogP contribution in [0.25, 0.3) is 0 Å². The molecule has 1 aliphatic carbocycles. The van der Waals surface area contributed by atoms with Crippen LogP contribution in [-0.2, 0) is 0 Å². The van der Waals surface area contributed by atoms with E-state index in [2.05, 4.69) is 11.4 Å². The van der Waals surface area contributed by atoms with Gasteiger partial charge in [-0.15, -0.1) is 0 Å². The molecule has 1 aromatic rings. The average Bonchev–Trinajstić information content (AvgIpc) is 2.39. The average molecular weight is 277 g/mol. The lowest BCUT2D eigenvalue weighted by atomic mass is 9.82. The quantitative estimate of drug-likeness (QED) is 0.897. The van der Waals surface area contributed by atoms with Crippen LogP contribution < -0.4 is 5.32 Å². The standard InChI is InChI=1S/C15H17ClN2O/c1-11-5-6-12(13(16)9-11)14(19)18-15(10-17)7-3-2-4-8-15/h5-6,9H,2-4,7-8H2,1H3,(H,18,19). The maximum Gasteiger partial charge on any atom is 0.254 e. The summed E-state index contributed by atoms with van der Waals surface area (Å²) in [5, 5.41) is 12.7. The van der Waals surface area contributed by atoms with Gasteiger partial charge in [-0.25, -0.2) is 0 Å². The molecule has 1 fully saturated rings. The Morgan fingerprint density at radius 3 is 2.63 bits per heavy atom. The Morgan fingerprint density at radius 2 is 2.05 bits per heavy atom. The maximum absolute atomic E-state index is 12.3. The zero-order chi connectivity index (χ0) is 13.9. The van der Waals surface area contributed by atoms with Gasteiger partial charge in [-0.05, 0) is 37.5 Å². The third-order valence-electron chi connectivity index (χ3n) is 3.64. The van der Waals surface area contributed by atoms with E-state index in [0.717, 1.165) is 37.7 Å². The Hall–Kier alpha value is -1.53. The Kier molecular flexibility index (Phi) is 4.11. The lowest BCUT2D eigenvalue weighted by Gasteiger charge is -2.31. The van der Waals surface area contributed by atoms with Gasteiger partial charge in [0.15, 0.2) is 0 Å². The smallest absolute Gasteiger partial charge is 0.254 e. The zero-order valence-corrected chi connectivity index (χ0v) is 11.8. The van der Waals surface area contributed by atoms with E-state index >= 15 is 0 Å². The molecule has 4 heteroatoms. The van der Waals surface area contributed by atoms with E-state index in [1.165, 1.54) is 0 Å². The Labute approximate surface area is 118 Å². The Bertz CT molecular complexity index is 527. The normalized spacial score (nSPS) is 17.5. The molecule has 0 aliphatic heterocycles. The van der Waals surface area contributed by atoms with Crippen molar-refractivity contribution in [3.8, 4) is 6.07 Å². The minimum absolute atomic E-state index is 0.256. The van der Waals surface area contributed by atoms with Crippen LogP contribution in [0.4, 0.5) is 0 Å². The van der Waals surface area contributed by atoms with Crippen LogP contribution >= 0.6 is 11.6 Å². The second-order valence-corrected chi connectivity index (χ2v) is 5.60. The van der Waals surface area contributed by atoms with Gasteiger partial charge in [-0.2, -0.15) is 5.26 Å². The van der Waals surface area contributed by atoms with E-state index in [9.17, 15) is 10.1 Å². The lowest BCUT2D eigenvalue weighted by Crippen LogP contribution is -2.48. The highest BCUT2D eigenvalue weighted by molar-refractivity contribution is 6.33. The van der Waals surface area contributed by atoms with Crippen molar-refractivity contribution in [2.24, 2.45) is 0 Å². The van der Waals surface area contributed by atoms with E-state index < -0.39 is 5.54 Å². The molecule has 0 radical (unpaired) electrons. The number of nitrogens with zero attached hydrogens (tertiary/aromatic N) is 1. The van der Waals surface area contributed by atoms with Crippen molar-refractivity contribution >= 4 is 17.5 Å². The predicted octanol–water partition coefficient (Wildman–Crippen LogP) is 3.60. The summed E-state index contributed by atoms with van der Waals surface area (Å²) in [6.07, 6.45) is 4.53. The van der Waals surface area contributed by atoms with Crippen LogP contribution in [0.2, 0.25) is 5.02 Å². The van der Waals surface area contributed by atoms with Gasteiger partial charge in [0.1, 0.15) is 5.54 Å². The molecule has 1 saturated carbocycles. The molecule has 2 rings (SSSR count). The number of hydrogen-bond acceptors (Lipinski definition) is 2. The van der Waals surface area contributed by atoms with Gasteiger partial charge in [0, 0.05) is 0 Å². The van der Waals surface area contributed by atoms with Crippen molar-refractivity contribution in [3.63, 3.8) is 0 Å². The summed E-state index contributed by atoms with van der Waals surface area (Å²) >= 11 is 6.09. The van der Waals surface area contributed by atoms with E-state index in [4.69, 9.17) is 11.6 Å². The Morgan fingerprint density at radius 1 is 1.37 bits per heavy atom. The highest BCUT2D eigenvalue weighted by atomic mass is 35.5. The van der Waals surface area contributed by atoms with Gasteiger partial charge < -0.3 is 5.32 Å². The number of aryl methyl sites for hydroxylation is 1. The van der Waals surface area contributed by atoms with Crippen molar-refractivity contribution in [1.29, 1.82) is 5.26 Å². The van der Waals surface area contributed by atoms with Crippen LogP contribution in [0, 0.1) is 18.3 Å². The number of nitriles is 1. The fourth-order valence-corrected chi connectivity index (χ4v) is 2.83. The van der Waals surface area contributed by atoms with Gasteiger partial charge in [-0.3, -0.25) is 4.79 Å². The molecule has 19 heavy (non-hydrogen) atoms. The second kappa shape index (κ2) is 5.63. The summed E-state index contributed by atoms with van der Waals surface area (Å²) in [5.41, 5.74) is 0.727. The second-order valence-electron chi connectivity index (χ2n) is 5.19. The monoisotopic (exact) mass is 276 g/mol. The fraction of sp³-hybridized carbons (Fsp3) is 0.467. The van der Waals surface area contributed by atoms with Crippen LogP contribution in [-0.4, -0.2) is 11.4 Å². The van der Waals surface area contributed by atoms with Crippen LogP contribution in [0.5, 0.6) is 0 Å². The summed E-state index contributed by atoms with van der Waals surface area (Å²) < 4.78 is 0. The van der Waals surface area contributed by atoms with Crippen molar-refractivity contribution in [1.82, 2.24) is 5.32 Å². The first-order chi connectivity index (χ1) is 9.06. The summed E-state index contributed by atoms with van der Waals surface area (Å²) in [4.78, 5) is 12.3. The first-order valence-corrected chi connectivity index (χ1v) is 6.94. The number of carbonyl (C=O) groups excluding carboxylic acids is 1. The number of hydrogen-bond donors (Lipinski definition) is 1. The topological polar surface area (TPSA) is 52.9 Å². The van der Waals surface area contributed by atoms with E-state index in [-0.39, 0.29) is 5.91 Å². The third-order valence-corrected chi connectivity index (χ3v) is 3.96. The largest absolute Gasteiger partial charge is 0.334 e. The predicted molar refractivity (Wildman–Crippen MR) is 75.1 cm³/mol. The molecule has 0 atom stereocenters. The van der Waals surface area contributed by atoms with Gasteiger partial charge in [0.2, 0.25) is 0 Å². The number of carbonyl (C=O) groups is 1. The van der Waals surface area contributed by atoms with Crippen molar-refractivity contribution in [3.05, 3.63) is 34.3 Å². The zero-order valence-electron chi connectivity index (χ0n) is 11.0. The molecule has 0 heterocycles. The molecular formula is C15H17ClN2O. The van der Waals surface area contributed by atoms with Crippen LogP contribution in [0.1, 0.15) is 48.0 Å². The minimum atomic E-state index is -0.719. The van der Waals surface area contributed by atoms with Gasteiger partial charge in [0.05, 0.1) is 16.7 Å². The Balaban J connectivity index is 2.18. The first-order valence-electron chi connectivity index (χ1n) is 6.56. The molecule has 1 N–H and O–H groups in total. The lowest BCUT2D eigenvalue weighted by molar-refractivity contribution is 0.0903. The van der Waals surface area contributed by atoms with Crippen molar-refractivity contribution < 1.29 is 4.79 Å². The number of nitrogens with one attached hydrogen (secondary N) is 1. The molecule has 0 unspecified atom stereocenters. The highest BCUT2D eigenvalue weighted by Crippen LogP contribution is 2.28. The van der Waals surface area contributed by atoms with Gasteiger partial charge in [0.25, 0.3) is 5.91 Å². The fourth-order valence-electron chi connectivity index (χ4n) is 2.51. The number of amides is 1. The summed E-state index contributed by atoms with van der Waals surface area (Å²) in [6, 6.07) is 7.59.